The van der Waals surface area contributed by atoms with Gasteiger partial charge in [-0.25, -0.2) is 0 Å². The number of carbonyl (C=O) groups excluding carboxylic acids is 1. The molecule has 3 nitrogen and oxygen atoms in total. The van der Waals surface area contributed by atoms with Crippen LogP contribution in [0.2, 0.25) is 0 Å². The Morgan fingerprint density at radius 3 is 2.75 bits per heavy atom. The van der Waals surface area contributed by atoms with Crippen molar-refractivity contribution < 1.29 is 4.79 Å². The predicted octanol–water partition coefficient (Wildman–Crippen LogP) is 0.525. The molecule has 68 valence electrons. The van der Waals surface area contributed by atoms with Gasteiger partial charge in [0.15, 0.2) is 0 Å². The molecule has 0 saturated carbocycles. The lowest BCUT2D eigenvalue weighted by atomic mass is 10.2. The molecule has 0 fully saturated rings. The maximum Gasteiger partial charge on any atom is 0.234 e. The molecule has 0 unspecified atom stereocenters. The zero-order chi connectivity index (χ0) is 8.27. The van der Waals surface area contributed by atoms with Gasteiger partial charge in [-0.1, -0.05) is 6.07 Å². The number of halogens is 1. The van der Waals surface area contributed by atoms with Crippen LogP contribution in [0, 0.1) is 0 Å². The van der Waals surface area contributed by atoms with E-state index in [1.54, 1.807) is 11.3 Å². The van der Waals surface area contributed by atoms with Gasteiger partial charge in [0.2, 0.25) is 5.91 Å². The average molecular weight is 207 g/mol. The Morgan fingerprint density at radius 2 is 2.33 bits per heavy atom. The fourth-order valence-electron chi connectivity index (χ4n) is 0.746. The standard InChI is InChI=1S/C7H10N2OS.ClH/c8-6(7(9)10)4-5-2-1-3-11-5;/h1-3,6H,4,8H2,(H2,9,10);1H/t6-;/m1./s1. The smallest absolute Gasteiger partial charge is 0.234 e. The van der Waals surface area contributed by atoms with Gasteiger partial charge in [-0.3, -0.25) is 4.79 Å². The highest BCUT2D eigenvalue weighted by Gasteiger charge is 2.09. The number of hydrogen-bond acceptors (Lipinski definition) is 3. The third-order valence-electron chi connectivity index (χ3n) is 1.37. The molecule has 0 spiro atoms. The molecule has 1 aromatic heterocycles. The molecule has 0 aliphatic carbocycles. The van der Waals surface area contributed by atoms with E-state index in [1.165, 1.54) is 0 Å². The van der Waals surface area contributed by atoms with Crippen molar-refractivity contribution in [2.45, 2.75) is 12.5 Å². The minimum atomic E-state index is -0.548. The van der Waals surface area contributed by atoms with Crippen molar-refractivity contribution in [2.24, 2.45) is 11.5 Å². The summed E-state index contributed by atoms with van der Waals surface area (Å²) in [6.07, 6.45) is 0.549. The Kier molecular flexibility index (Phi) is 4.89. The Bertz CT molecular complexity index is 238. The van der Waals surface area contributed by atoms with Gasteiger partial charge >= 0.3 is 0 Å². The number of thiophene rings is 1. The zero-order valence-electron chi connectivity index (χ0n) is 6.40. The Balaban J connectivity index is 0.00000121. The first-order chi connectivity index (χ1) is 5.20. The first-order valence-corrected chi connectivity index (χ1v) is 4.15. The van der Waals surface area contributed by atoms with Crippen LogP contribution >= 0.6 is 23.7 Å². The molecule has 1 aromatic rings. The van der Waals surface area contributed by atoms with Crippen molar-refractivity contribution >= 4 is 29.7 Å². The van der Waals surface area contributed by atoms with Crippen molar-refractivity contribution in [3.63, 3.8) is 0 Å². The maximum absolute atomic E-state index is 10.5. The van der Waals surface area contributed by atoms with Crippen LogP contribution in [0.15, 0.2) is 17.5 Å². The van der Waals surface area contributed by atoms with Crippen LogP contribution in [0.1, 0.15) is 4.88 Å². The number of rotatable bonds is 3. The second-order valence-corrected chi connectivity index (χ2v) is 3.32. The SMILES string of the molecule is Cl.NC(=O)[C@H](N)Cc1cccs1. The molecule has 12 heavy (non-hydrogen) atoms. The molecule has 0 aromatic carbocycles. The van der Waals surface area contributed by atoms with Crippen LogP contribution < -0.4 is 11.5 Å². The van der Waals surface area contributed by atoms with Gasteiger partial charge in [0, 0.05) is 11.3 Å². The third kappa shape index (κ3) is 3.21. The molecule has 0 aliphatic rings. The molecule has 4 N–H and O–H groups in total. The van der Waals surface area contributed by atoms with E-state index in [1.807, 2.05) is 17.5 Å². The second kappa shape index (κ2) is 5.13. The summed E-state index contributed by atoms with van der Waals surface area (Å²) >= 11 is 1.58. The van der Waals surface area contributed by atoms with E-state index in [-0.39, 0.29) is 12.4 Å². The molecule has 0 bridgehead atoms. The maximum atomic E-state index is 10.5. The van der Waals surface area contributed by atoms with E-state index >= 15 is 0 Å². The molecule has 1 atom stereocenters. The fourth-order valence-corrected chi connectivity index (χ4v) is 1.51. The summed E-state index contributed by atoms with van der Waals surface area (Å²) in [6, 6.07) is 3.31. The molecule has 1 heterocycles. The van der Waals surface area contributed by atoms with Crippen molar-refractivity contribution in [1.29, 1.82) is 0 Å². The largest absolute Gasteiger partial charge is 0.368 e. The molecular formula is C7H11ClN2OS. The number of nitrogens with two attached hydrogens (primary N) is 2. The van der Waals surface area contributed by atoms with Crippen LogP contribution in [0.3, 0.4) is 0 Å². The van der Waals surface area contributed by atoms with Crippen molar-refractivity contribution in [1.82, 2.24) is 0 Å². The molecule has 0 radical (unpaired) electrons. The Labute approximate surface area is 81.2 Å². The van der Waals surface area contributed by atoms with Gasteiger partial charge in [-0.05, 0) is 11.4 Å². The van der Waals surface area contributed by atoms with E-state index in [9.17, 15) is 4.79 Å². The Morgan fingerprint density at radius 1 is 1.67 bits per heavy atom. The van der Waals surface area contributed by atoms with Crippen LogP contribution in [-0.4, -0.2) is 11.9 Å². The van der Waals surface area contributed by atoms with Gasteiger partial charge < -0.3 is 11.5 Å². The van der Waals surface area contributed by atoms with E-state index in [0.29, 0.717) is 6.42 Å². The lowest BCUT2D eigenvalue weighted by Gasteiger charge is -2.03. The van der Waals surface area contributed by atoms with Gasteiger partial charge in [0.05, 0.1) is 6.04 Å². The fraction of sp³-hybridized carbons (Fsp3) is 0.286. The molecule has 1 rings (SSSR count). The van der Waals surface area contributed by atoms with Crippen LogP contribution in [-0.2, 0) is 11.2 Å². The average Bonchev–Trinajstić information content (AvgIpc) is 2.39. The summed E-state index contributed by atoms with van der Waals surface area (Å²) in [5.41, 5.74) is 10.4. The summed E-state index contributed by atoms with van der Waals surface area (Å²) in [6.45, 7) is 0. The summed E-state index contributed by atoms with van der Waals surface area (Å²) < 4.78 is 0. The number of carbonyl (C=O) groups is 1. The van der Waals surface area contributed by atoms with Crippen LogP contribution in [0.5, 0.6) is 0 Å². The van der Waals surface area contributed by atoms with Gasteiger partial charge in [0.1, 0.15) is 0 Å². The van der Waals surface area contributed by atoms with Crippen molar-refractivity contribution in [2.75, 3.05) is 0 Å². The lowest BCUT2D eigenvalue weighted by molar-refractivity contribution is -0.119. The quantitative estimate of drug-likeness (QED) is 0.758. The van der Waals surface area contributed by atoms with Crippen molar-refractivity contribution in [3.8, 4) is 0 Å². The lowest BCUT2D eigenvalue weighted by Crippen LogP contribution is -2.37. The zero-order valence-corrected chi connectivity index (χ0v) is 8.03. The van der Waals surface area contributed by atoms with E-state index in [0.717, 1.165) is 4.88 Å². The second-order valence-electron chi connectivity index (χ2n) is 2.29. The highest BCUT2D eigenvalue weighted by Crippen LogP contribution is 2.09. The summed E-state index contributed by atoms with van der Waals surface area (Å²) in [5, 5.41) is 1.95. The molecule has 0 saturated heterocycles. The summed E-state index contributed by atoms with van der Waals surface area (Å²) in [4.78, 5) is 11.6. The van der Waals surface area contributed by atoms with Gasteiger partial charge in [-0.2, -0.15) is 0 Å². The minimum absolute atomic E-state index is 0. The van der Waals surface area contributed by atoms with Gasteiger partial charge in [-0.15, -0.1) is 23.7 Å². The van der Waals surface area contributed by atoms with Crippen molar-refractivity contribution in [3.05, 3.63) is 22.4 Å². The Hall–Kier alpha value is -0.580. The van der Waals surface area contributed by atoms with Crippen LogP contribution in [0.25, 0.3) is 0 Å². The summed E-state index contributed by atoms with van der Waals surface area (Å²) in [5.74, 6) is -0.446. The third-order valence-corrected chi connectivity index (χ3v) is 2.27. The number of amides is 1. The first kappa shape index (κ1) is 11.4. The summed E-state index contributed by atoms with van der Waals surface area (Å²) in [7, 11) is 0. The van der Waals surface area contributed by atoms with E-state index < -0.39 is 11.9 Å². The number of hydrogen-bond donors (Lipinski definition) is 2. The highest BCUT2D eigenvalue weighted by molar-refractivity contribution is 7.09. The highest BCUT2D eigenvalue weighted by atomic mass is 35.5. The van der Waals surface area contributed by atoms with E-state index in [4.69, 9.17) is 11.5 Å². The molecule has 0 aliphatic heterocycles. The van der Waals surface area contributed by atoms with Gasteiger partial charge in [0.25, 0.3) is 0 Å². The molecular weight excluding hydrogens is 196 g/mol. The topological polar surface area (TPSA) is 69.1 Å². The number of primary amides is 1. The first-order valence-electron chi connectivity index (χ1n) is 3.27. The minimum Gasteiger partial charge on any atom is -0.368 e. The molecule has 5 heteroatoms. The predicted molar refractivity (Wildman–Crippen MR) is 52.4 cm³/mol. The van der Waals surface area contributed by atoms with E-state index in [2.05, 4.69) is 0 Å². The van der Waals surface area contributed by atoms with Crippen LogP contribution in [0.4, 0.5) is 0 Å². The molecule has 1 amide bonds. The normalized spacial score (nSPS) is 11.8. The monoisotopic (exact) mass is 206 g/mol.